The van der Waals surface area contributed by atoms with E-state index in [0.717, 1.165) is 5.69 Å². The Morgan fingerprint density at radius 3 is 3.08 bits per heavy atom. The molecule has 1 amide bonds. The van der Waals surface area contributed by atoms with Gasteiger partial charge in [0.2, 0.25) is 0 Å². The third-order valence-corrected chi connectivity index (χ3v) is 1.30. The minimum atomic E-state index is -1.14. The van der Waals surface area contributed by atoms with E-state index in [1.165, 1.54) is 4.68 Å². The van der Waals surface area contributed by atoms with Gasteiger partial charge in [0.1, 0.15) is 5.82 Å². The summed E-state index contributed by atoms with van der Waals surface area (Å²) in [4.78, 5) is 14.2. The Balaban J connectivity index is 2.89. The maximum absolute atomic E-state index is 10.2. The topological polar surface area (TPSA) is 93.2 Å². The smallest absolute Gasteiger partial charge is 0.424 e. The van der Waals surface area contributed by atoms with Gasteiger partial charge in [-0.25, -0.2) is 19.9 Å². The molecule has 0 bridgehead atoms. The molecule has 0 aliphatic rings. The van der Waals surface area contributed by atoms with E-state index in [4.69, 9.17) is 10.8 Å². The number of carboxylic acid groups (broad SMARTS) is 1. The molecule has 0 aliphatic heterocycles. The van der Waals surface area contributed by atoms with E-state index in [9.17, 15) is 4.79 Å². The van der Waals surface area contributed by atoms with Gasteiger partial charge in [-0.1, -0.05) is 0 Å². The van der Waals surface area contributed by atoms with Crippen LogP contribution in [0.3, 0.4) is 0 Å². The van der Waals surface area contributed by atoms with Crippen molar-refractivity contribution in [3.8, 4) is 0 Å². The van der Waals surface area contributed by atoms with Gasteiger partial charge in [-0.05, 0) is 6.92 Å². The second-order valence-corrected chi connectivity index (χ2v) is 2.29. The van der Waals surface area contributed by atoms with Crippen LogP contribution in [0.1, 0.15) is 11.5 Å². The van der Waals surface area contributed by atoms with Gasteiger partial charge in [0.25, 0.3) is 0 Å². The summed E-state index contributed by atoms with van der Waals surface area (Å²) in [6.45, 7) is 1.97. The molecule has 0 saturated carbocycles. The Bertz CT molecular complexity index is 294. The number of aryl methyl sites for hydroxylation is 1. The largest absolute Gasteiger partial charge is 0.464 e. The van der Waals surface area contributed by atoms with Gasteiger partial charge in [-0.15, -0.1) is 0 Å². The van der Waals surface area contributed by atoms with Crippen molar-refractivity contribution in [1.29, 1.82) is 0 Å². The summed E-state index contributed by atoms with van der Waals surface area (Å²) in [5.41, 5.74) is 8.19. The standard InChI is InChI=1S/C6H10N4O2/c1-4-3-10(9-6(11)12)5(2-7)8-4/h3,9H,2,7H2,1H3,(H,11,12). The molecule has 0 unspecified atom stereocenters. The predicted molar refractivity (Wildman–Crippen MR) is 42.2 cm³/mol. The summed E-state index contributed by atoms with van der Waals surface area (Å²) in [6.07, 6.45) is 0.429. The molecule has 1 aromatic heterocycles. The second-order valence-electron chi connectivity index (χ2n) is 2.29. The number of rotatable bonds is 2. The molecule has 0 fully saturated rings. The molecule has 6 nitrogen and oxygen atoms in total. The maximum atomic E-state index is 10.2. The number of nitrogens with zero attached hydrogens (tertiary/aromatic N) is 2. The molecule has 66 valence electrons. The molecule has 6 heteroatoms. The molecule has 0 saturated heterocycles. The van der Waals surface area contributed by atoms with Crippen LogP contribution in [0.15, 0.2) is 6.20 Å². The van der Waals surface area contributed by atoms with Crippen LogP contribution in [0.4, 0.5) is 4.79 Å². The first-order chi connectivity index (χ1) is 5.63. The van der Waals surface area contributed by atoms with Gasteiger partial charge in [0.05, 0.1) is 12.2 Å². The van der Waals surface area contributed by atoms with E-state index >= 15 is 0 Å². The average molecular weight is 170 g/mol. The molecule has 12 heavy (non-hydrogen) atoms. The van der Waals surface area contributed by atoms with Crippen molar-refractivity contribution < 1.29 is 9.90 Å². The zero-order valence-electron chi connectivity index (χ0n) is 6.61. The monoisotopic (exact) mass is 170 g/mol. The molecule has 0 aromatic carbocycles. The van der Waals surface area contributed by atoms with Gasteiger partial charge in [-0.2, -0.15) is 0 Å². The summed E-state index contributed by atoms with van der Waals surface area (Å²) in [5.74, 6) is 0.495. The van der Waals surface area contributed by atoms with E-state index in [-0.39, 0.29) is 6.54 Å². The van der Waals surface area contributed by atoms with E-state index < -0.39 is 6.09 Å². The van der Waals surface area contributed by atoms with Crippen molar-refractivity contribution in [2.24, 2.45) is 5.73 Å². The Morgan fingerprint density at radius 2 is 2.58 bits per heavy atom. The molecule has 4 N–H and O–H groups in total. The highest BCUT2D eigenvalue weighted by Gasteiger charge is 2.04. The summed E-state index contributed by atoms with van der Waals surface area (Å²) in [7, 11) is 0. The van der Waals surface area contributed by atoms with Gasteiger partial charge in [-0.3, -0.25) is 0 Å². The van der Waals surface area contributed by atoms with Crippen molar-refractivity contribution in [3.05, 3.63) is 17.7 Å². The number of hydrogen-bond donors (Lipinski definition) is 3. The van der Waals surface area contributed by atoms with Gasteiger partial charge in [0.15, 0.2) is 0 Å². The molecule has 1 rings (SSSR count). The minimum absolute atomic E-state index is 0.202. The zero-order chi connectivity index (χ0) is 9.14. The molecular formula is C6H10N4O2. The highest BCUT2D eigenvalue weighted by Crippen LogP contribution is 1.98. The van der Waals surface area contributed by atoms with Crippen LogP contribution in [0.2, 0.25) is 0 Å². The van der Waals surface area contributed by atoms with Crippen molar-refractivity contribution in [1.82, 2.24) is 9.66 Å². The molecule has 0 spiro atoms. The summed E-state index contributed by atoms with van der Waals surface area (Å²) < 4.78 is 1.29. The predicted octanol–water partition coefficient (Wildman–Crippen LogP) is -0.128. The third-order valence-electron chi connectivity index (χ3n) is 1.30. The Labute approximate surface area is 69.0 Å². The van der Waals surface area contributed by atoms with Gasteiger partial charge in [0, 0.05) is 6.20 Å². The lowest BCUT2D eigenvalue weighted by molar-refractivity contribution is 0.206. The van der Waals surface area contributed by atoms with E-state index in [1.807, 2.05) is 0 Å². The number of nitrogens with one attached hydrogen (secondary N) is 1. The molecule has 0 atom stereocenters. The quantitative estimate of drug-likeness (QED) is 0.576. The zero-order valence-corrected chi connectivity index (χ0v) is 6.61. The second kappa shape index (κ2) is 3.22. The van der Waals surface area contributed by atoms with Crippen LogP contribution < -0.4 is 11.2 Å². The Kier molecular flexibility index (Phi) is 2.29. The summed E-state index contributed by atoms with van der Waals surface area (Å²) in [6, 6.07) is 0. The summed E-state index contributed by atoms with van der Waals surface area (Å²) >= 11 is 0. The lowest BCUT2D eigenvalue weighted by Crippen LogP contribution is -2.23. The molecule has 1 heterocycles. The van der Waals surface area contributed by atoms with Crippen molar-refractivity contribution >= 4 is 6.09 Å². The lowest BCUT2D eigenvalue weighted by atomic mass is 10.6. The number of aromatic nitrogens is 2. The lowest BCUT2D eigenvalue weighted by Gasteiger charge is -2.03. The van der Waals surface area contributed by atoms with Gasteiger partial charge < -0.3 is 10.8 Å². The normalized spacial score (nSPS) is 9.83. The molecule has 0 radical (unpaired) electrons. The first kappa shape index (κ1) is 8.54. The highest BCUT2D eigenvalue weighted by molar-refractivity contribution is 5.73. The third kappa shape index (κ3) is 1.73. The highest BCUT2D eigenvalue weighted by atomic mass is 16.4. The van der Waals surface area contributed by atoms with E-state index in [1.54, 1.807) is 13.1 Å². The van der Waals surface area contributed by atoms with Crippen LogP contribution in [0, 0.1) is 6.92 Å². The van der Waals surface area contributed by atoms with Crippen molar-refractivity contribution in [2.45, 2.75) is 13.5 Å². The molecular weight excluding hydrogens is 160 g/mol. The summed E-state index contributed by atoms with van der Waals surface area (Å²) in [5, 5.41) is 8.40. The van der Waals surface area contributed by atoms with E-state index in [0.29, 0.717) is 5.82 Å². The fourth-order valence-corrected chi connectivity index (χ4v) is 0.891. The number of nitrogens with two attached hydrogens (primary N) is 1. The van der Waals surface area contributed by atoms with Gasteiger partial charge >= 0.3 is 6.09 Å². The van der Waals surface area contributed by atoms with Crippen LogP contribution in [-0.2, 0) is 6.54 Å². The van der Waals surface area contributed by atoms with Crippen LogP contribution >= 0.6 is 0 Å². The van der Waals surface area contributed by atoms with Crippen molar-refractivity contribution in [3.63, 3.8) is 0 Å². The number of carbonyl (C=O) groups is 1. The SMILES string of the molecule is Cc1cn(NC(=O)O)c(CN)n1. The first-order valence-corrected chi connectivity index (χ1v) is 3.38. The van der Waals surface area contributed by atoms with Crippen molar-refractivity contribution in [2.75, 3.05) is 5.43 Å². The number of hydrogen-bond acceptors (Lipinski definition) is 3. The average Bonchev–Trinajstić information content (AvgIpc) is 2.29. The minimum Gasteiger partial charge on any atom is -0.464 e. The first-order valence-electron chi connectivity index (χ1n) is 3.38. The van der Waals surface area contributed by atoms with Crippen LogP contribution in [0.25, 0.3) is 0 Å². The van der Waals surface area contributed by atoms with Crippen LogP contribution in [-0.4, -0.2) is 20.9 Å². The van der Waals surface area contributed by atoms with E-state index in [2.05, 4.69) is 10.4 Å². The fourth-order valence-electron chi connectivity index (χ4n) is 0.891. The Morgan fingerprint density at radius 1 is 1.92 bits per heavy atom. The number of amides is 1. The molecule has 1 aromatic rings. The van der Waals surface area contributed by atoms with Crippen LogP contribution in [0.5, 0.6) is 0 Å². The maximum Gasteiger partial charge on any atom is 0.424 e. The Hall–Kier alpha value is -1.56. The number of imidazole rings is 1. The fraction of sp³-hybridized carbons (Fsp3) is 0.333. The molecule has 0 aliphatic carbocycles.